The smallest absolute Gasteiger partial charge is 0.311 e. The predicted octanol–water partition coefficient (Wildman–Crippen LogP) is 3.54. The molecule has 0 saturated heterocycles. The SMILES string of the molecule is Cc1cc(C(=O)C[n+]2ccc(-c3cc[n+](CC(=O)c4cc(C)cc([N+](=O)[O-])c4O)cc3)cc2)c(O)c([N+](=O)[O-])c1. The Morgan fingerprint density at radius 1 is 0.675 bits per heavy atom. The third-order valence-corrected chi connectivity index (χ3v) is 6.23. The molecule has 202 valence electrons. The van der Waals surface area contributed by atoms with Crippen LogP contribution in [0.25, 0.3) is 11.1 Å². The topological polar surface area (TPSA) is 169 Å². The maximum absolute atomic E-state index is 12.8. The number of nitrogens with zero attached hydrogens (tertiary/aromatic N) is 4. The minimum Gasteiger partial charge on any atom is -0.502 e. The van der Waals surface area contributed by atoms with Gasteiger partial charge in [-0.05, 0) is 48.2 Å². The molecule has 0 spiro atoms. The zero-order chi connectivity index (χ0) is 29.1. The van der Waals surface area contributed by atoms with E-state index < -0.39 is 44.3 Å². The molecule has 2 heterocycles. The fourth-order valence-corrected chi connectivity index (χ4v) is 4.24. The number of carbonyl (C=O) groups is 2. The van der Waals surface area contributed by atoms with Gasteiger partial charge in [0.2, 0.25) is 36.2 Å². The van der Waals surface area contributed by atoms with Crippen LogP contribution < -0.4 is 9.13 Å². The number of aromatic nitrogens is 2. The number of aryl methyl sites for hydroxylation is 2. The Hall–Kier alpha value is -5.52. The van der Waals surface area contributed by atoms with E-state index in [1.807, 2.05) is 0 Å². The summed E-state index contributed by atoms with van der Waals surface area (Å²) < 4.78 is 3.16. The molecule has 2 aromatic heterocycles. The van der Waals surface area contributed by atoms with Gasteiger partial charge in [-0.25, -0.2) is 0 Å². The Labute approximate surface area is 227 Å². The molecule has 0 bridgehead atoms. The molecule has 0 aliphatic heterocycles. The van der Waals surface area contributed by atoms with Gasteiger partial charge >= 0.3 is 11.4 Å². The summed E-state index contributed by atoms with van der Waals surface area (Å²) in [5.41, 5.74) is 1.28. The normalized spacial score (nSPS) is 10.8. The third kappa shape index (κ3) is 5.80. The van der Waals surface area contributed by atoms with E-state index in [0.29, 0.717) is 11.1 Å². The van der Waals surface area contributed by atoms with Crippen LogP contribution in [0.5, 0.6) is 11.5 Å². The van der Waals surface area contributed by atoms with Gasteiger partial charge < -0.3 is 10.2 Å². The van der Waals surface area contributed by atoms with E-state index in [2.05, 4.69) is 0 Å². The highest BCUT2D eigenvalue weighted by atomic mass is 16.6. The Kier molecular flexibility index (Phi) is 7.62. The van der Waals surface area contributed by atoms with Gasteiger partial charge in [-0.1, -0.05) is 0 Å². The van der Waals surface area contributed by atoms with E-state index in [1.54, 1.807) is 72.0 Å². The van der Waals surface area contributed by atoms with Gasteiger partial charge in [-0.15, -0.1) is 0 Å². The summed E-state index contributed by atoms with van der Waals surface area (Å²) >= 11 is 0. The third-order valence-electron chi connectivity index (χ3n) is 6.23. The second-order valence-electron chi connectivity index (χ2n) is 9.24. The minimum atomic E-state index is -0.737. The quantitative estimate of drug-likeness (QED) is 0.140. The molecule has 0 aliphatic carbocycles. The fraction of sp³-hybridized carbons (Fsp3) is 0.143. The number of nitro groups is 2. The highest BCUT2D eigenvalue weighted by molar-refractivity contribution is 5.99. The number of carbonyl (C=O) groups excluding carboxylic acids is 2. The van der Waals surface area contributed by atoms with E-state index in [1.165, 1.54) is 24.3 Å². The maximum Gasteiger partial charge on any atom is 0.311 e. The summed E-state index contributed by atoms with van der Waals surface area (Å²) in [6.45, 7) is 2.91. The Morgan fingerprint density at radius 2 is 1.00 bits per heavy atom. The lowest BCUT2D eigenvalue weighted by Crippen LogP contribution is -2.37. The second-order valence-corrected chi connectivity index (χ2v) is 9.24. The van der Waals surface area contributed by atoms with Crippen molar-refractivity contribution in [3.8, 4) is 22.6 Å². The van der Waals surface area contributed by atoms with Crippen LogP contribution in [-0.4, -0.2) is 31.6 Å². The van der Waals surface area contributed by atoms with Gasteiger partial charge in [0, 0.05) is 36.4 Å². The van der Waals surface area contributed by atoms with Gasteiger partial charge in [0.05, 0.1) is 21.0 Å². The van der Waals surface area contributed by atoms with Crippen LogP contribution in [-0.2, 0) is 13.1 Å². The summed E-state index contributed by atoms with van der Waals surface area (Å²) in [7, 11) is 0. The summed E-state index contributed by atoms with van der Waals surface area (Å²) in [4.78, 5) is 46.3. The lowest BCUT2D eigenvalue weighted by atomic mass is 10.0. The van der Waals surface area contributed by atoms with Crippen molar-refractivity contribution in [2.24, 2.45) is 0 Å². The largest absolute Gasteiger partial charge is 0.502 e. The molecule has 0 amide bonds. The van der Waals surface area contributed by atoms with Crippen molar-refractivity contribution >= 4 is 22.9 Å². The molecule has 0 fully saturated rings. The Morgan fingerprint density at radius 3 is 1.30 bits per heavy atom. The van der Waals surface area contributed by atoms with Crippen LogP contribution in [0.4, 0.5) is 11.4 Å². The lowest BCUT2D eigenvalue weighted by molar-refractivity contribution is -0.683. The molecular weight excluding hydrogens is 520 g/mol. The zero-order valence-corrected chi connectivity index (χ0v) is 21.5. The highest BCUT2D eigenvalue weighted by Crippen LogP contribution is 2.32. The number of phenols is 2. The molecule has 12 nitrogen and oxygen atoms in total. The molecule has 4 aromatic rings. The number of aromatic hydroxyl groups is 2. The van der Waals surface area contributed by atoms with E-state index in [9.17, 15) is 40.0 Å². The van der Waals surface area contributed by atoms with Crippen molar-refractivity contribution in [3.05, 3.63) is 116 Å². The van der Waals surface area contributed by atoms with Gasteiger partial charge in [-0.2, -0.15) is 9.13 Å². The molecular formula is C28H24N4O8+2. The van der Waals surface area contributed by atoms with Crippen LogP contribution in [0.3, 0.4) is 0 Å². The first-order valence-corrected chi connectivity index (χ1v) is 12.0. The number of pyridine rings is 2. The Bertz CT molecular complexity index is 1540. The molecule has 0 atom stereocenters. The average molecular weight is 545 g/mol. The van der Waals surface area contributed by atoms with Crippen molar-refractivity contribution in [2.45, 2.75) is 26.9 Å². The number of nitro benzene ring substituents is 2. The van der Waals surface area contributed by atoms with Gasteiger partial charge in [-0.3, -0.25) is 29.8 Å². The number of benzene rings is 2. The Balaban J connectivity index is 1.46. The van der Waals surface area contributed by atoms with Crippen molar-refractivity contribution in [3.63, 3.8) is 0 Å². The van der Waals surface area contributed by atoms with Crippen LogP contribution in [0.15, 0.2) is 73.3 Å². The van der Waals surface area contributed by atoms with Gasteiger partial charge in [0.25, 0.3) is 0 Å². The fourth-order valence-electron chi connectivity index (χ4n) is 4.24. The molecule has 12 heteroatoms. The number of phenolic OH excluding ortho intramolecular Hbond substituents is 2. The molecule has 2 aromatic carbocycles. The maximum atomic E-state index is 12.8. The standard InChI is InChI=1S/C28H22N4O8/c1-17-11-21(27(35)23(13-17)31(37)38)25(33)15-29-7-3-19(4-8-29)20-5-9-30(10-6-20)16-26(34)22-12-18(2)14-24(28(22)36)32(39)40/h3-14H,15-16H2,1-2H3/p+2. The molecule has 40 heavy (non-hydrogen) atoms. The first-order chi connectivity index (χ1) is 18.9. The van der Waals surface area contributed by atoms with Crippen LogP contribution in [0.1, 0.15) is 31.8 Å². The average Bonchev–Trinajstić information content (AvgIpc) is 2.91. The summed E-state index contributed by atoms with van der Waals surface area (Å²) in [5, 5.41) is 42.7. The van der Waals surface area contributed by atoms with Gasteiger partial charge in [0.1, 0.15) is 0 Å². The molecule has 0 aliphatic rings. The number of rotatable bonds is 9. The van der Waals surface area contributed by atoms with Crippen molar-refractivity contribution in [2.75, 3.05) is 0 Å². The molecule has 0 unspecified atom stereocenters. The second kappa shape index (κ2) is 11.1. The van der Waals surface area contributed by atoms with Crippen molar-refractivity contribution < 1.29 is 38.8 Å². The first-order valence-electron chi connectivity index (χ1n) is 12.0. The number of hydrogen-bond acceptors (Lipinski definition) is 8. The lowest BCUT2D eigenvalue weighted by Gasteiger charge is -2.06. The number of Topliss-reactive ketones (excluding diaryl/α,β-unsaturated/α-hetero) is 2. The first kappa shape index (κ1) is 27.5. The van der Waals surface area contributed by atoms with E-state index >= 15 is 0 Å². The van der Waals surface area contributed by atoms with E-state index in [-0.39, 0.29) is 24.2 Å². The monoisotopic (exact) mass is 544 g/mol. The number of ketones is 2. The van der Waals surface area contributed by atoms with Crippen LogP contribution in [0.2, 0.25) is 0 Å². The minimum absolute atomic E-state index is 0.126. The van der Waals surface area contributed by atoms with E-state index in [4.69, 9.17) is 0 Å². The highest BCUT2D eigenvalue weighted by Gasteiger charge is 2.26. The van der Waals surface area contributed by atoms with Crippen LogP contribution >= 0.6 is 0 Å². The molecule has 4 rings (SSSR count). The molecule has 0 radical (unpaired) electrons. The zero-order valence-electron chi connectivity index (χ0n) is 21.5. The predicted molar refractivity (Wildman–Crippen MR) is 140 cm³/mol. The molecule has 2 N–H and O–H groups in total. The summed E-state index contributed by atoms with van der Waals surface area (Å²) in [5.74, 6) is -2.30. The number of hydrogen-bond donors (Lipinski definition) is 2. The van der Waals surface area contributed by atoms with Crippen molar-refractivity contribution in [1.82, 2.24) is 0 Å². The summed E-state index contributed by atoms with van der Waals surface area (Å²) in [6, 6.07) is 12.3. The van der Waals surface area contributed by atoms with Crippen molar-refractivity contribution in [1.29, 1.82) is 0 Å². The van der Waals surface area contributed by atoms with Crippen LogP contribution in [0, 0.1) is 34.1 Å². The molecule has 0 saturated carbocycles. The van der Waals surface area contributed by atoms with Gasteiger partial charge in [0.15, 0.2) is 24.8 Å². The summed E-state index contributed by atoms with van der Waals surface area (Å²) in [6.07, 6.45) is 6.64. The van der Waals surface area contributed by atoms with E-state index in [0.717, 1.165) is 11.1 Å².